The number of alkyl halides is 2. The number of carbonyl (C=O) groups is 2. The van der Waals surface area contributed by atoms with E-state index in [4.69, 9.17) is 23.2 Å². The van der Waals surface area contributed by atoms with Gasteiger partial charge in [0, 0.05) is 17.9 Å². The van der Waals surface area contributed by atoms with E-state index in [1.54, 1.807) is 24.3 Å². The first-order valence-corrected chi connectivity index (χ1v) is 6.87. The number of nitrogens with zero attached hydrogens (tertiary/aromatic N) is 1. The molecule has 1 aromatic rings. The molecule has 0 saturated heterocycles. The number of hydrogen-bond acceptors (Lipinski definition) is 2. The highest BCUT2D eigenvalue weighted by molar-refractivity contribution is 6.51. The molecule has 1 atom stereocenters. The van der Waals surface area contributed by atoms with Crippen molar-refractivity contribution < 1.29 is 9.59 Å². The molecule has 0 bridgehead atoms. The summed E-state index contributed by atoms with van der Waals surface area (Å²) in [6.45, 7) is 4.15. The van der Waals surface area contributed by atoms with Crippen molar-refractivity contribution in [3.63, 3.8) is 0 Å². The van der Waals surface area contributed by atoms with Gasteiger partial charge in [-0.3, -0.25) is 14.5 Å². The number of imide groups is 1. The van der Waals surface area contributed by atoms with Gasteiger partial charge in [0.2, 0.25) is 0 Å². The monoisotopic (exact) mass is 297 g/mol. The molecular formula is C14H13Cl2NO2. The highest BCUT2D eigenvalue weighted by Gasteiger charge is 2.70. The predicted molar refractivity (Wildman–Crippen MR) is 73.5 cm³/mol. The van der Waals surface area contributed by atoms with Crippen molar-refractivity contribution in [3.8, 4) is 0 Å². The van der Waals surface area contributed by atoms with Gasteiger partial charge in [-0.1, -0.05) is 26.0 Å². The lowest BCUT2D eigenvalue weighted by Gasteiger charge is -2.14. The molecule has 5 heteroatoms. The Bertz CT molecular complexity index is 546. The summed E-state index contributed by atoms with van der Waals surface area (Å²) >= 11 is 12.4. The van der Waals surface area contributed by atoms with Crippen LogP contribution in [0.1, 0.15) is 34.6 Å². The summed E-state index contributed by atoms with van der Waals surface area (Å²) in [5, 5.41) is 0. The van der Waals surface area contributed by atoms with Crippen LogP contribution < -0.4 is 0 Å². The Morgan fingerprint density at radius 2 is 1.53 bits per heavy atom. The van der Waals surface area contributed by atoms with Gasteiger partial charge in [-0.25, -0.2) is 0 Å². The van der Waals surface area contributed by atoms with E-state index < -0.39 is 4.33 Å². The molecule has 1 aromatic carbocycles. The number of hydrogen-bond donors (Lipinski definition) is 0. The minimum atomic E-state index is -0.873. The fraction of sp³-hybridized carbons (Fsp3) is 0.429. The topological polar surface area (TPSA) is 37.4 Å². The molecule has 100 valence electrons. The smallest absolute Gasteiger partial charge is 0.261 e. The highest BCUT2D eigenvalue weighted by Crippen LogP contribution is 2.68. The summed E-state index contributed by atoms with van der Waals surface area (Å²) in [6.07, 6.45) is 0. The minimum Gasteiger partial charge on any atom is -0.274 e. The lowest BCUT2D eigenvalue weighted by atomic mass is 10.1. The van der Waals surface area contributed by atoms with Crippen LogP contribution in [0.15, 0.2) is 24.3 Å². The Kier molecular flexibility index (Phi) is 2.55. The molecule has 0 N–H and O–H groups in total. The summed E-state index contributed by atoms with van der Waals surface area (Å²) in [4.78, 5) is 25.7. The lowest BCUT2D eigenvalue weighted by molar-refractivity contribution is 0.0642. The molecule has 0 spiro atoms. The van der Waals surface area contributed by atoms with E-state index in [-0.39, 0.29) is 29.7 Å². The maximum absolute atomic E-state index is 12.2. The molecule has 19 heavy (non-hydrogen) atoms. The quantitative estimate of drug-likeness (QED) is 0.621. The molecule has 1 aliphatic heterocycles. The van der Waals surface area contributed by atoms with E-state index in [2.05, 4.69) is 0 Å². The number of fused-ring (bicyclic) bond motifs is 1. The van der Waals surface area contributed by atoms with Gasteiger partial charge in [0.05, 0.1) is 11.1 Å². The Morgan fingerprint density at radius 1 is 1.11 bits per heavy atom. The third kappa shape index (κ3) is 1.58. The third-order valence-corrected chi connectivity index (χ3v) is 5.83. The Morgan fingerprint density at radius 3 is 1.89 bits per heavy atom. The first kappa shape index (κ1) is 12.9. The molecule has 1 fully saturated rings. The minimum absolute atomic E-state index is 0.0921. The van der Waals surface area contributed by atoms with Gasteiger partial charge in [-0.2, -0.15) is 0 Å². The van der Waals surface area contributed by atoms with E-state index >= 15 is 0 Å². The lowest BCUT2D eigenvalue weighted by Crippen LogP contribution is -2.33. The van der Waals surface area contributed by atoms with Crippen molar-refractivity contribution in [1.82, 2.24) is 4.90 Å². The van der Waals surface area contributed by atoms with Crippen LogP contribution in [0.25, 0.3) is 0 Å². The normalized spacial score (nSPS) is 26.5. The summed E-state index contributed by atoms with van der Waals surface area (Å²) < 4.78 is -0.873. The Labute approximate surface area is 121 Å². The largest absolute Gasteiger partial charge is 0.274 e. The van der Waals surface area contributed by atoms with Gasteiger partial charge in [0.15, 0.2) is 0 Å². The summed E-state index contributed by atoms with van der Waals surface area (Å²) in [5.41, 5.74) is 0.632. The van der Waals surface area contributed by atoms with E-state index in [9.17, 15) is 9.59 Å². The number of rotatable bonds is 2. The van der Waals surface area contributed by atoms with E-state index in [0.717, 1.165) is 0 Å². The van der Waals surface area contributed by atoms with Crippen LogP contribution in [0.3, 0.4) is 0 Å². The molecular weight excluding hydrogens is 285 g/mol. The van der Waals surface area contributed by atoms with Gasteiger partial charge < -0.3 is 0 Å². The molecule has 0 radical (unpaired) electrons. The zero-order valence-corrected chi connectivity index (χ0v) is 12.1. The van der Waals surface area contributed by atoms with Gasteiger partial charge in [0.25, 0.3) is 11.8 Å². The molecule has 1 saturated carbocycles. The molecule has 0 unspecified atom stereocenters. The number of amides is 2. The summed E-state index contributed by atoms with van der Waals surface area (Å²) in [5.74, 6) is -0.606. The standard InChI is InChI=1S/C14H13Cl2NO2/c1-13(2)10(14(13,15)16)7-17-11(18)8-5-3-4-6-9(8)12(17)19/h3-6,10H,7H2,1-2H3/t10-/m1/s1. The van der Waals surface area contributed by atoms with Gasteiger partial charge in [-0.05, 0) is 12.1 Å². The van der Waals surface area contributed by atoms with Crippen molar-refractivity contribution >= 4 is 35.0 Å². The second-order valence-electron chi connectivity index (χ2n) is 5.66. The zero-order chi connectivity index (χ0) is 14.0. The van der Waals surface area contributed by atoms with Crippen molar-refractivity contribution in [1.29, 1.82) is 0 Å². The van der Waals surface area contributed by atoms with Gasteiger partial charge in [0.1, 0.15) is 4.33 Å². The van der Waals surface area contributed by atoms with Crippen LogP contribution >= 0.6 is 23.2 Å². The fourth-order valence-corrected chi connectivity index (χ4v) is 3.53. The van der Waals surface area contributed by atoms with Crippen molar-refractivity contribution in [2.45, 2.75) is 18.2 Å². The predicted octanol–water partition coefficient (Wildman–Crippen LogP) is 3.11. The Hall–Kier alpha value is -1.06. The maximum Gasteiger partial charge on any atom is 0.261 e. The molecule has 1 aliphatic carbocycles. The molecule has 0 aromatic heterocycles. The highest BCUT2D eigenvalue weighted by atomic mass is 35.5. The molecule has 2 aliphatic rings. The van der Waals surface area contributed by atoms with Crippen molar-refractivity contribution in [2.75, 3.05) is 6.54 Å². The second kappa shape index (κ2) is 3.74. The average Bonchev–Trinajstić information content (AvgIpc) is 2.61. The van der Waals surface area contributed by atoms with Crippen LogP contribution in [0.2, 0.25) is 0 Å². The number of benzene rings is 1. The Balaban J connectivity index is 1.87. The first-order valence-electron chi connectivity index (χ1n) is 6.11. The van der Waals surface area contributed by atoms with Crippen LogP contribution in [0, 0.1) is 11.3 Å². The van der Waals surface area contributed by atoms with Gasteiger partial charge >= 0.3 is 0 Å². The van der Waals surface area contributed by atoms with E-state index in [0.29, 0.717) is 11.1 Å². The SMILES string of the molecule is CC1(C)[C@@H](CN2C(=O)c3ccccc3C2=O)C1(Cl)Cl. The number of carbonyl (C=O) groups excluding carboxylic acids is 2. The van der Waals surface area contributed by atoms with E-state index in [1.165, 1.54) is 4.90 Å². The van der Waals surface area contributed by atoms with Crippen molar-refractivity contribution in [2.24, 2.45) is 11.3 Å². The summed E-state index contributed by atoms with van der Waals surface area (Å²) in [6, 6.07) is 6.84. The van der Waals surface area contributed by atoms with Crippen LogP contribution in [0.4, 0.5) is 0 Å². The van der Waals surface area contributed by atoms with Crippen molar-refractivity contribution in [3.05, 3.63) is 35.4 Å². The van der Waals surface area contributed by atoms with E-state index in [1.807, 2.05) is 13.8 Å². The van der Waals surface area contributed by atoms with Crippen LogP contribution in [-0.2, 0) is 0 Å². The molecule has 3 rings (SSSR count). The molecule has 2 amide bonds. The molecule has 1 heterocycles. The zero-order valence-electron chi connectivity index (χ0n) is 10.6. The average molecular weight is 298 g/mol. The number of halogens is 2. The van der Waals surface area contributed by atoms with Gasteiger partial charge in [-0.15, -0.1) is 23.2 Å². The van der Waals surface area contributed by atoms with Crippen LogP contribution in [0.5, 0.6) is 0 Å². The fourth-order valence-electron chi connectivity index (χ4n) is 2.69. The van der Waals surface area contributed by atoms with Crippen LogP contribution in [-0.4, -0.2) is 27.6 Å². The second-order valence-corrected chi connectivity index (χ2v) is 7.05. The third-order valence-electron chi connectivity index (χ3n) is 4.33. The summed E-state index contributed by atoms with van der Waals surface area (Å²) in [7, 11) is 0. The maximum atomic E-state index is 12.2. The first-order chi connectivity index (χ1) is 8.78. The molecule has 3 nitrogen and oxygen atoms in total.